The average molecular weight is 292 g/mol. The molecule has 0 aliphatic carbocycles. The molecule has 0 saturated carbocycles. The second kappa shape index (κ2) is 6.07. The van der Waals surface area contributed by atoms with E-state index in [1.54, 1.807) is 13.8 Å². The first-order valence-electron chi connectivity index (χ1n) is 7.07. The molecular formula is C14H20N4O3. The fraction of sp³-hybridized carbons (Fsp3) is 0.571. The van der Waals surface area contributed by atoms with Gasteiger partial charge in [-0.3, -0.25) is 9.59 Å². The minimum atomic E-state index is -0.330. The third kappa shape index (κ3) is 3.12. The zero-order valence-electron chi connectivity index (χ0n) is 12.8. The van der Waals surface area contributed by atoms with Gasteiger partial charge in [0.15, 0.2) is 5.52 Å². The van der Waals surface area contributed by atoms with E-state index < -0.39 is 0 Å². The SMILES string of the molecule is CC[C@@H](C)NC(=O)CCn1nc(C)c2c(C)onc2c1=O. The summed E-state index contributed by atoms with van der Waals surface area (Å²) in [5, 5.41) is 11.5. The molecule has 21 heavy (non-hydrogen) atoms. The van der Waals surface area contributed by atoms with Crippen LogP contribution in [0, 0.1) is 13.8 Å². The van der Waals surface area contributed by atoms with E-state index in [9.17, 15) is 9.59 Å². The Hall–Kier alpha value is -2.18. The van der Waals surface area contributed by atoms with Crippen molar-refractivity contribution in [2.75, 3.05) is 0 Å². The molecule has 0 spiro atoms. The highest BCUT2D eigenvalue weighted by atomic mass is 16.5. The van der Waals surface area contributed by atoms with Crippen molar-refractivity contribution >= 4 is 16.8 Å². The van der Waals surface area contributed by atoms with Gasteiger partial charge in [-0.1, -0.05) is 12.1 Å². The Bertz CT molecular complexity index is 717. The van der Waals surface area contributed by atoms with Gasteiger partial charge >= 0.3 is 0 Å². The molecule has 7 heteroatoms. The molecule has 2 aromatic heterocycles. The lowest BCUT2D eigenvalue weighted by Gasteiger charge is -2.11. The number of aryl methyl sites for hydroxylation is 3. The van der Waals surface area contributed by atoms with E-state index >= 15 is 0 Å². The van der Waals surface area contributed by atoms with Gasteiger partial charge < -0.3 is 9.84 Å². The van der Waals surface area contributed by atoms with Crippen molar-refractivity contribution in [3.8, 4) is 0 Å². The van der Waals surface area contributed by atoms with Gasteiger partial charge in [-0.25, -0.2) is 4.68 Å². The molecule has 0 unspecified atom stereocenters. The second-order valence-corrected chi connectivity index (χ2v) is 5.20. The summed E-state index contributed by atoms with van der Waals surface area (Å²) in [6.07, 6.45) is 1.08. The van der Waals surface area contributed by atoms with Gasteiger partial charge in [0, 0.05) is 12.5 Å². The summed E-state index contributed by atoms with van der Waals surface area (Å²) >= 11 is 0. The van der Waals surface area contributed by atoms with Crippen LogP contribution >= 0.6 is 0 Å². The lowest BCUT2D eigenvalue weighted by atomic mass is 10.2. The van der Waals surface area contributed by atoms with Crippen molar-refractivity contribution in [2.45, 2.75) is 53.1 Å². The van der Waals surface area contributed by atoms with Crippen LogP contribution in [0.2, 0.25) is 0 Å². The number of nitrogens with one attached hydrogen (secondary N) is 1. The molecule has 2 aromatic rings. The number of fused-ring (bicyclic) bond motifs is 1. The third-order valence-electron chi connectivity index (χ3n) is 3.50. The highest BCUT2D eigenvalue weighted by Crippen LogP contribution is 2.16. The molecule has 0 radical (unpaired) electrons. The van der Waals surface area contributed by atoms with Crippen molar-refractivity contribution in [1.82, 2.24) is 20.3 Å². The minimum Gasteiger partial charge on any atom is -0.360 e. The van der Waals surface area contributed by atoms with Crippen molar-refractivity contribution in [1.29, 1.82) is 0 Å². The fourth-order valence-corrected chi connectivity index (χ4v) is 2.15. The fourth-order valence-electron chi connectivity index (χ4n) is 2.15. The Kier molecular flexibility index (Phi) is 4.40. The predicted molar refractivity (Wildman–Crippen MR) is 78.1 cm³/mol. The Morgan fingerprint density at radius 2 is 2.14 bits per heavy atom. The largest absolute Gasteiger partial charge is 0.360 e. The summed E-state index contributed by atoms with van der Waals surface area (Å²) in [5.74, 6) is 0.487. The maximum Gasteiger partial charge on any atom is 0.296 e. The van der Waals surface area contributed by atoms with Gasteiger partial charge in [0.25, 0.3) is 5.56 Å². The number of hydrogen-bond acceptors (Lipinski definition) is 5. The molecule has 0 aliphatic rings. The number of carbonyl (C=O) groups excluding carboxylic acids is 1. The lowest BCUT2D eigenvalue weighted by Crippen LogP contribution is -2.34. The molecule has 0 fully saturated rings. The van der Waals surface area contributed by atoms with Crippen molar-refractivity contribution in [2.24, 2.45) is 0 Å². The molecule has 0 aliphatic heterocycles. The van der Waals surface area contributed by atoms with Crippen LogP contribution < -0.4 is 10.9 Å². The first-order chi connectivity index (χ1) is 9.93. The first-order valence-corrected chi connectivity index (χ1v) is 7.07. The molecular weight excluding hydrogens is 272 g/mol. The van der Waals surface area contributed by atoms with Crippen LogP contribution in [0.5, 0.6) is 0 Å². The quantitative estimate of drug-likeness (QED) is 0.897. The highest BCUT2D eigenvalue weighted by Gasteiger charge is 2.15. The number of aromatic nitrogens is 3. The van der Waals surface area contributed by atoms with Gasteiger partial charge in [0.1, 0.15) is 5.76 Å². The Balaban J connectivity index is 2.18. The number of carbonyl (C=O) groups is 1. The molecule has 0 aromatic carbocycles. The second-order valence-electron chi connectivity index (χ2n) is 5.20. The summed E-state index contributed by atoms with van der Waals surface area (Å²) in [6, 6.07) is 0.129. The minimum absolute atomic E-state index is 0.0906. The zero-order valence-corrected chi connectivity index (χ0v) is 12.8. The molecule has 0 bridgehead atoms. The molecule has 7 nitrogen and oxygen atoms in total. The monoisotopic (exact) mass is 292 g/mol. The van der Waals surface area contributed by atoms with Gasteiger partial charge in [-0.2, -0.15) is 5.10 Å². The molecule has 2 rings (SSSR count). The van der Waals surface area contributed by atoms with Gasteiger partial charge in [-0.15, -0.1) is 0 Å². The van der Waals surface area contributed by atoms with E-state index in [0.29, 0.717) is 16.8 Å². The number of amides is 1. The predicted octanol–water partition coefficient (Wildman–Crippen LogP) is 1.31. The lowest BCUT2D eigenvalue weighted by molar-refractivity contribution is -0.122. The number of rotatable bonds is 5. The van der Waals surface area contributed by atoms with Crippen LogP contribution in [0.1, 0.15) is 38.1 Å². The Morgan fingerprint density at radius 1 is 1.43 bits per heavy atom. The highest BCUT2D eigenvalue weighted by molar-refractivity contribution is 5.81. The summed E-state index contributed by atoms with van der Waals surface area (Å²) in [7, 11) is 0. The van der Waals surface area contributed by atoms with E-state index in [1.807, 2.05) is 13.8 Å². The van der Waals surface area contributed by atoms with Crippen LogP contribution in [0.4, 0.5) is 0 Å². The molecule has 1 atom stereocenters. The van der Waals surface area contributed by atoms with Crippen molar-refractivity contribution < 1.29 is 9.32 Å². The molecule has 0 saturated heterocycles. The van der Waals surface area contributed by atoms with Crippen LogP contribution in [0.3, 0.4) is 0 Å². The topological polar surface area (TPSA) is 90.0 Å². The van der Waals surface area contributed by atoms with Gasteiger partial charge in [0.2, 0.25) is 5.91 Å². The average Bonchev–Trinajstić information content (AvgIpc) is 2.84. The summed E-state index contributed by atoms with van der Waals surface area (Å²) in [6.45, 7) is 7.71. The normalized spacial score (nSPS) is 12.6. The van der Waals surface area contributed by atoms with E-state index in [2.05, 4.69) is 15.6 Å². The zero-order chi connectivity index (χ0) is 15.6. The van der Waals surface area contributed by atoms with E-state index in [-0.39, 0.29) is 36.0 Å². The number of nitrogens with zero attached hydrogens (tertiary/aromatic N) is 3. The summed E-state index contributed by atoms with van der Waals surface area (Å²) in [4.78, 5) is 24.0. The molecule has 114 valence electrons. The van der Waals surface area contributed by atoms with Crippen LogP contribution in [0.25, 0.3) is 10.9 Å². The first kappa shape index (κ1) is 15.2. The molecule has 1 N–H and O–H groups in total. The van der Waals surface area contributed by atoms with Crippen LogP contribution in [-0.4, -0.2) is 26.9 Å². The summed E-state index contributed by atoms with van der Waals surface area (Å²) < 4.78 is 6.32. The van der Waals surface area contributed by atoms with Crippen molar-refractivity contribution in [3.05, 3.63) is 21.8 Å². The molecule has 1 amide bonds. The Morgan fingerprint density at radius 3 is 2.81 bits per heavy atom. The summed E-state index contributed by atoms with van der Waals surface area (Å²) in [5.41, 5.74) is 0.608. The Labute approximate surface area is 122 Å². The maximum atomic E-state index is 12.2. The van der Waals surface area contributed by atoms with E-state index in [1.165, 1.54) is 4.68 Å². The van der Waals surface area contributed by atoms with Crippen LogP contribution in [-0.2, 0) is 11.3 Å². The number of hydrogen-bond donors (Lipinski definition) is 1. The smallest absolute Gasteiger partial charge is 0.296 e. The standard InChI is InChI=1S/C14H20N4O3/c1-5-8(2)15-11(19)6-7-18-14(20)13-12(9(3)16-18)10(4)21-17-13/h8H,5-7H2,1-4H3,(H,15,19)/t8-/m1/s1. The van der Waals surface area contributed by atoms with E-state index in [0.717, 1.165) is 6.42 Å². The van der Waals surface area contributed by atoms with E-state index in [4.69, 9.17) is 4.52 Å². The van der Waals surface area contributed by atoms with Gasteiger partial charge in [0.05, 0.1) is 17.6 Å². The molecule has 2 heterocycles. The van der Waals surface area contributed by atoms with Gasteiger partial charge in [-0.05, 0) is 27.2 Å². The third-order valence-corrected chi connectivity index (χ3v) is 3.50. The maximum absolute atomic E-state index is 12.2. The van der Waals surface area contributed by atoms with Crippen molar-refractivity contribution in [3.63, 3.8) is 0 Å². The van der Waals surface area contributed by atoms with Crippen LogP contribution in [0.15, 0.2) is 9.32 Å².